The molecule has 0 bridgehead atoms. The standard InChI is InChI=1S/C17H20N2O7/c1-25-15(22)11-3-4-12(16(23)26-2)13(9-11)18-17(24)19-7-5-10(6-8-19)14(20)21/h3-4,9-10H,5-8H2,1-2H3,(H,18,24)(H,20,21). The first kappa shape index (κ1) is 19.2. The number of benzene rings is 1. The number of ether oxygens (including phenoxy) is 2. The van der Waals surface area contributed by atoms with Crippen LogP contribution in [0.4, 0.5) is 10.5 Å². The molecule has 1 fully saturated rings. The fraction of sp³-hybridized carbons (Fsp3) is 0.412. The molecule has 1 aromatic carbocycles. The number of amides is 2. The molecule has 1 saturated heterocycles. The zero-order valence-electron chi connectivity index (χ0n) is 14.5. The number of nitrogens with one attached hydrogen (secondary N) is 1. The summed E-state index contributed by atoms with van der Waals surface area (Å²) in [6.45, 7) is 0.570. The summed E-state index contributed by atoms with van der Waals surface area (Å²) in [4.78, 5) is 48.5. The molecule has 9 heteroatoms. The number of anilines is 1. The van der Waals surface area contributed by atoms with Crippen LogP contribution in [0.25, 0.3) is 0 Å². The highest BCUT2D eigenvalue weighted by atomic mass is 16.5. The highest BCUT2D eigenvalue weighted by Crippen LogP contribution is 2.22. The van der Waals surface area contributed by atoms with Crippen molar-refractivity contribution >= 4 is 29.6 Å². The van der Waals surface area contributed by atoms with Gasteiger partial charge in [-0.05, 0) is 31.0 Å². The predicted molar refractivity (Wildman–Crippen MR) is 90.1 cm³/mol. The van der Waals surface area contributed by atoms with Gasteiger partial charge in [-0.2, -0.15) is 0 Å². The molecule has 0 aromatic heterocycles. The maximum atomic E-state index is 12.5. The van der Waals surface area contributed by atoms with Crippen LogP contribution in [0.2, 0.25) is 0 Å². The first-order valence-corrected chi connectivity index (χ1v) is 7.96. The molecule has 0 spiro atoms. The number of piperidine rings is 1. The Balaban J connectivity index is 2.18. The number of urea groups is 1. The van der Waals surface area contributed by atoms with Crippen molar-refractivity contribution in [3.05, 3.63) is 29.3 Å². The third-order valence-electron chi connectivity index (χ3n) is 4.22. The number of likely N-dealkylation sites (tertiary alicyclic amines) is 1. The van der Waals surface area contributed by atoms with Gasteiger partial charge in [0.15, 0.2) is 0 Å². The first-order chi connectivity index (χ1) is 12.4. The van der Waals surface area contributed by atoms with E-state index in [1.807, 2.05) is 0 Å². The lowest BCUT2D eigenvalue weighted by molar-refractivity contribution is -0.143. The Labute approximate surface area is 149 Å². The smallest absolute Gasteiger partial charge is 0.339 e. The highest BCUT2D eigenvalue weighted by molar-refractivity contribution is 6.03. The molecule has 0 aliphatic carbocycles. The van der Waals surface area contributed by atoms with Crippen molar-refractivity contribution in [2.24, 2.45) is 5.92 Å². The van der Waals surface area contributed by atoms with Crippen LogP contribution in [0.3, 0.4) is 0 Å². The number of hydrogen-bond donors (Lipinski definition) is 2. The molecule has 0 saturated carbocycles. The minimum atomic E-state index is -0.871. The number of methoxy groups -OCH3 is 2. The summed E-state index contributed by atoms with van der Waals surface area (Å²) < 4.78 is 9.33. The molecule has 140 valence electrons. The van der Waals surface area contributed by atoms with Crippen LogP contribution in [0.5, 0.6) is 0 Å². The molecular weight excluding hydrogens is 344 g/mol. The molecule has 0 atom stereocenters. The van der Waals surface area contributed by atoms with Crippen LogP contribution in [-0.4, -0.2) is 61.3 Å². The van der Waals surface area contributed by atoms with Gasteiger partial charge in [0.1, 0.15) is 0 Å². The van der Waals surface area contributed by atoms with Gasteiger partial charge >= 0.3 is 23.9 Å². The SMILES string of the molecule is COC(=O)c1ccc(C(=O)OC)c(NC(=O)N2CCC(C(=O)O)CC2)c1. The Kier molecular flexibility index (Phi) is 6.16. The maximum Gasteiger partial charge on any atom is 0.339 e. The molecule has 0 radical (unpaired) electrons. The number of nitrogens with zero attached hydrogens (tertiary/aromatic N) is 1. The minimum absolute atomic E-state index is 0.0916. The van der Waals surface area contributed by atoms with Gasteiger partial charge in [0.05, 0.1) is 37.0 Å². The fourth-order valence-corrected chi connectivity index (χ4v) is 2.70. The Morgan fingerprint density at radius 1 is 1.08 bits per heavy atom. The van der Waals surface area contributed by atoms with Crippen LogP contribution in [0.15, 0.2) is 18.2 Å². The molecule has 2 amide bonds. The van der Waals surface area contributed by atoms with Gasteiger partial charge in [-0.3, -0.25) is 4.79 Å². The molecule has 2 N–H and O–H groups in total. The fourth-order valence-electron chi connectivity index (χ4n) is 2.70. The van der Waals surface area contributed by atoms with Crippen molar-refractivity contribution in [1.29, 1.82) is 0 Å². The number of aliphatic carboxylic acids is 1. The Morgan fingerprint density at radius 3 is 2.23 bits per heavy atom. The number of carboxylic acids is 1. The second-order valence-corrected chi connectivity index (χ2v) is 5.77. The van der Waals surface area contributed by atoms with Crippen LogP contribution >= 0.6 is 0 Å². The molecule has 1 heterocycles. The number of carbonyl (C=O) groups is 4. The average Bonchev–Trinajstić information content (AvgIpc) is 2.66. The quantitative estimate of drug-likeness (QED) is 0.778. The Hall–Kier alpha value is -3.10. The van der Waals surface area contributed by atoms with Crippen molar-refractivity contribution in [3.8, 4) is 0 Å². The van der Waals surface area contributed by atoms with Crippen molar-refractivity contribution in [2.75, 3.05) is 32.6 Å². The lowest BCUT2D eigenvalue weighted by Gasteiger charge is -2.30. The monoisotopic (exact) mass is 364 g/mol. The van der Waals surface area contributed by atoms with Crippen LogP contribution in [-0.2, 0) is 14.3 Å². The summed E-state index contributed by atoms with van der Waals surface area (Å²) in [6, 6.07) is 3.61. The van der Waals surface area contributed by atoms with Gasteiger partial charge in [0.2, 0.25) is 0 Å². The van der Waals surface area contributed by atoms with E-state index in [0.717, 1.165) is 0 Å². The maximum absolute atomic E-state index is 12.5. The van der Waals surface area contributed by atoms with Gasteiger partial charge in [-0.15, -0.1) is 0 Å². The van der Waals surface area contributed by atoms with Crippen LogP contribution < -0.4 is 5.32 Å². The number of rotatable bonds is 4. The van der Waals surface area contributed by atoms with Crippen molar-refractivity contribution in [1.82, 2.24) is 4.90 Å². The Bertz CT molecular complexity index is 724. The second-order valence-electron chi connectivity index (χ2n) is 5.77. The Morgan fingerprint density at radius 2 is 1.69 bits per heavy atom. The number of carboxylic acid groups (broad SMARTS) is 1. The lowest BCUT2D eigenvalue weighted by Crippen LogP contribution is -2.42. The predicted octanol–water partition coefficient (Wildman–Crippen LogP) is 1.59. The van der Waals surface area contributed by atoms with Gasteiger partial charge < -0.3 is 24.8 Å². The summed E-state index contributed by atoms with van der Waals surface area (Å²) in [5, 5.41) is 11.6. The number of hydrogen-bond acceptors (Lipinski definition) is 6. The van der Waals surface area contributed by atoms with Crippen LogP contribution in [0, 0.1) is 5.92 Å². The summed E-state index contributed by atoms with van der Waals surface area (Å²) >= 11 is 0. The molecule has 1 aliphatic heterocycles. The van der Waals surface area contributed by atoms with E-state index in [9.17, 15) is 19.2 Å². The van der Waals surface area contributed by atoms with Gasteiger partial charge in [-0.25, -0.2) is 14.4 Å². The molecule has 1 aromatic rings. The topological polar surface area (TPSA) is 122 Å². The lowest BCUT2D eigenvalue weighted by atomic mass is 9.97. The number of esters is 2. The summed E-state index contributed by atoms with van der Waals surface area (Å²) in [7, 11) is 2.43. The normalized spacial score (nSPS) is 14.5. The first-order valence-electron chi connectivity index (χ1n) is 7.96. The van der Waals surface area contributed by atoms with Crippen molar-refractivity contribution in [3.63, 3.8) is 0 Å². The minimum Gasteiger partial charge on any atom is -0.481 e. The molecule has 1 aliphatic rings. The molecule has 26 heavy (non-hydrogen) atoms. The number of carbonyl (C=O) groups excluding carboxylic acids is 3. The summed E-state index contributed by atoms with van der Waals surface area (Å²) in [6.07, 6.45) is 0.712. The van der Waals surface area contributed by atoms with E-state index in [4.69, 9.17) is 5.11 Å². The second kappa shape index (κ2) is 8.32. The molecule has 0 unspecified atom stereocenters. The summed E-state index contributed by atoms with van der Waals surface area (Å²) in [5.41, 5.74) is 0.374. The third-order valence-corrected chi connectivity index (χ3v) is 4.22. The van der Waals surface area contributed by atoms with E-state index >= 15 is 0 Å². The van der Waals surface area contributed by atoms with Gasteiger partial charge in [0, 0.05) is 13.1 Å². The molecule has 2 rings (SSSR count). The van der Waals surface area contributed by atoms with E-state index in [-0.39, 0.29) is 29.9 Å². The third kappa shape index (κ3) is 4.29. The van der Waals surface area contributed by atoms with Gasteiger partial charge in [-0.1, -0.05) is 0 Å². The average molecular weight is 364 g/mol. The summed E-state index contributed by atoms with van der Waals surface area (Å²) in [5.74, 6) is -2.61. The van der Waals surface area contributed by atoms with E-state index in [1.54, 1.807) is 0 Å². The molecular formula is C17H20N2O7. The van der Waals surface area contributed by atoms with Crippen molar-refractivity contribution in [2.45, 2.75) is 12.8 Å². The van der Waals surface area contributed by atoms with E-state index in [2.05, 4.69) is 14.8 Å². The van der Waals surface area contributed by atoms with Gasteiger partial charge in [0.25, 0.3) is 0 Å². The zero-order valence-corrected chi connectivity index (χ0v) is 14.5. The van der Waals surface area contributed by atoms with Crippen LogP contribution in [0.1, 0.15) is 33.6 Å². The highest BCUT2D eigenvalue weighted by Gasteiger charge is 2.27. The van der Waals surface area contributed by atoms with E-state index < -0.39 is 29.9 Å². The molecule has 9 nitrogen and oxygen atoms in total. The zero-order chi connectivity index (χ0) is 19.3. The van der Waals surface area contributed by atoms with E-state index in [0.29, 0.717) is 12.8 Å². The largest absolute Gasteiger partial charge is 0.481 e. The van der Waals surface area contributed by atoms with Crippen molar-refractivity contribution < 1.29 is 33.8 Å². The van der Waals surface area contributed by atoms with E-state index in [1.165, 1.54) is 37.3 Å².